The lowest BCUT2D eigenvalue weighted by molar-refractivity contribution is 0.481. The van der Waals surface area contributed by atoms with Gasteiger partial charge in [-0.2, -0.15) is 0 Å². The third-order valence-electron chi connectivity index (χ3n) is 5.21. The number of hydrogen-bond acceptors (Lipinski definition) is 6. The summed E-state index contributed by atoms with van der Waals surface area (Å²) in [5.74, 6) is 0.325. The van der Waals surface area contributed by atoms with Crippen LogP contribution in [0.5, 0.6) is 5.75 Å². The van der Waals surface area contributed by atoms with Crippen molar-refractivity contribution in [1.29, 1.82) is 0 Å². The second-order valence-electron chi connectivity index (χ2n) is 6.93. The number of fused-ring (bicyclic) bond motifs is 4. The Hall–Kier alpha value is -3.32. The van der Waals surface area contributed by atoms with Crippen molar-refractivity contribution < 1.29 is 13.5 Å². The fourth-order valence-corrected chi connectivity index (χ4v) is 5.41. The first-order chi connectivity index (χ1) is 13.4. The zero-order valence-corrected chi connectivity index (χ0v) is 15.6. The molecular weight excluding hydrogens is 374 g/mol. The third-order valence-corrected chi connectivity index (χ3v) is 7.01. The number of phenols is 1. The predicted molar refractivity (Wildman–Crippen MR) is 111 cm³/mol. The minimum Gasteiger partial charge on any atom is -0.507 e. The lowest BCUT2D eigenvalue weighted by Crippen LogP contribution is -2.01. The van der Waals surface area contributed by atoms with E-state index in [4.69, 9.17) is 5.73 Å². The van der Waals surface area contributed by atoms with Crippen LogP contribution in [-0.2, 0) is 16.3 Å². The summed E-state index contributed by atoms with van der Waals surface area (Å²) in [6.07, 6.45) is 2.02. The molecule has 0 spiro atoms. The number of phenolic OH excluding ortho intramolecular Hbond substituents is 1. The van der Waals surface area contributed by atoms with Gasteiger partial charge in [-0.25, -0.2) is 8.42 Å². The maximum absolute atomic E-state index is 12.3. The van der Waals surface area contributed by atoms with E-state index in [0.717, 1.165) is 27.4 Å². The first-order valence-electron chi connectivity index (χ1n) is 8.86. The van der Waals surface area contributed by atoms with Crippen molar-refractivity contribution in [2.24, 2.45) is 0 Å². The summed E-state index contributed by atoms with van der Waals surface area (Å²) in [6.45, 7) is 0. The fourth-order valence-electron chi connectivity index (χ4n) is 3.86. The van der Waals surface area contributed by atoms with E-state index < -0.39 is 9.84 Å². The van der Waals surface area contributed by atoms with Gasteiger partial charge in [-0.05, 0) is 53.8 Å². The molecule has 5 rings (SSSR count). The number of aromatic hydroxyl groups is 1. The largest absolute Gasteiger partial charge is 0.507 e. The van der Waals surface area contributed by atoms with Crippen LogP contribution in [0.3, 0.4) is 0 Å². The van der Waals surface area contributed by atoms with Crippen molar-refractivity contribution in [3.63, 3.8) is 0 Å². The summed E-state index contributed by atoms with van der Waals surface area (Å²) in [5.41, 5.74) is 9.57. The van der Waals surface area contributed by atoms with Gasteiger partial charge in [0.15, 0.2) is 9.84 Å². The molecule has 0 saturated heterocycles. The van der Waals surface area contributed by atoms with Gasteiger partial charge in [0.1, 0.15) is 5.75 Å². The molecule has 140 valence electrons. The van der Waals surface area contributed by atoms with Gasteiger partial charge in [-0.1, -0.05) is 12.1 Å². The highest BCUT2D eigenvalue weighted by atomic mass is 32.2. The van der Waals surface area contributed by atoms with Gasteiger partial charge < -0.3 is 16.2 Å². The lowest BCUT2D eigenvalue weighted by Gasteiger charge is -2.15. The van der Waals surface area contributed by atoms with Crippen LogP contribution in [0.15, 0.2) is 59.6 Å². The molecule has 28 heavy (non-hydrogen) atoms. The van der Waals surface area contributed by atoms with E-state index in [2.05, 4.69) is 10.3 Å². The van der Waals surface area contributed by atoms with Gasteiger partial charge in [0.25, 0.3) is 0 Å². The molecule has 1 aliphatic heterocycles. The molecule has 1 aliphatic rings. The Morgan fingerprint density at radius 3 is 2.82 bits per heavy atom. The first kappa shape index (κ1) is 16.8. The normalized spacial score (nSPS) is 15.0. The summed E-state index contributed by atoms with van der Waals surface area (Å²) >= 11 is 0. The highest BCUT2D eigenvalue weighted by Gasteiger charge is 2.29. The maximum Gasteiger partial charge on any atom is 0.179 e. The van der Waals surface area contributed by atoms with Crippen molar-refractivity contribution in [3.05, 3.63) is 60.3 Å². The summed E-state index contributed by atoms with van der Waals surface area (Å²) < 4.78 is 24.7. The molecule has 7 heteroatoms. The lowest BCUT2D eigenvalue weighted by atomic mass is 10.0. The Kier molecular flexibility index (Phi) is 3.51. The Balaban J connectivity index is 1.71. The summed E-state index contributed by atoms with van der Waals surface area (Å²) in [4.78, 5) is 4.74. The van der Waals surface area contributed by atoms with Crippen LogP contribution in [0, 0.1) is 0 Å². The summed E-state index contributed by atoms with van der Waals surface area (Å²) in [6, 6.07) is 14.3. The zero-order chi connectivity index (χ0) is 19.5. The molecule has 0 amide bonds. The van der Waals surface area contributed by atoms with E-state index in [0.29, 0.717) is 28.2 Å². The number of aryl methyl sites for hydroxylation is 1. The standard InChI is InChI=1S/C21H17N3O3S/c22-16-11-23-17-6-7-19-15(8-9-28(19,26)27)20(17)21(16)24-13-4-5-14-12(10-13)2-1-3-18(14)25/h1-7,10-11,25H,8-9,22H2,(H,23,24). The van der Waals surface area contributed by atoms with E-state index in [-0.39, 0.29) is 11.5 Å². The maximum atomic E-state index is 12.3. The van der Waals surface area contributed by atoms with Crippen molar-refractivity contribution in [2.45, 2.75) is 11.3 Å². The molecule has 1 aromatic heterocycles. The summed E-state index contributed by atoms with van der Waals surface area (Å²) in [5, 5.41) is 15.7. The molecule has 0 aliphatic carbocycles. The van der Waals surface area contributed by atoms with E-state index in [1.165, 1.54) is 0 Å². The van der Waals surface area contributed by atoms with Crippen LogP contribution in [-0.4, -0.2) is 24.3 Å². The smallest absolute Gasteiger partial charge is 0.179 e. The average molecular weight is 391 g/mol. The highest BCUT2D eigenvalue weighted by molar-refractivity contribution is 7.91. The highest BCUT2D eigenvalue weighted by Crippen LogP contribution is 2.39. The number of rotatable bonds is 2. The number of hydrogen-bond donors (Lipinski definition) is 3. The van der Waals surface area contributed by atoms with Crippen molar-refractivity contribution >= 4 is 48.6 Å². The van der Waals surface area contributed by atoms with E-state index in [1.54, 1.807) is 30.5 Å². The molecule has 6 nitrogen and oxygen atoms in total. The summed E-state index contributed by atoms with van der Waals surface area (Å²) in [7, 11) is -3.26. The molecule has 4 N–H and O–H groups in total. The number of nitrogens with one attached hydrogen (secondary N) is 1. The molecule has 0 bridgehead atoms. The minimum atomic E-state index is -3.26. The average Bonchev–Trinajstić information content (AvgIpc) is 2.99. The van der Waals surface area contributed by atoms with Crippen LogP contribution in [0.25, 0.3) is 21.7 Å². The molecule has 2 heterocycles. The van der Waals surface area contributed by atoms with Crippen molar-refractivity contribution in [3.8, 4) is 5.75 Å². The van der Waals surface area contributed by atoms with Gasteiger partial charge in [-0.3, -0.25) is 4.98 Å². The number of benzene rings is 3. The number of nitrogen functional groups attached to an aromatic ring is 1. The number of pyridine rings is 1. The van der Waals surface area contributed by atoms with Crippen LogP contribution in [0.1, 0.15) is 5.56 Å². The van der Waals surface area contributed by atoms with Gasteiger partial charge in [0.2, 0.25) is 0 Å². The Morgan fingerprint density at radius 1 is 1.11 bits per heavy atom. The number of sulfone groups is 1. The monoisotopic (exact) mass is 391 g/mol. The van der Waals surface area contributed by atoms with Crippen LogP contribution >= 0.6 is 0 Å². The van der Waals surface area contributed by atoms with E-state index in [1.807, 2.05) is 24.3 Å². The second-order valence-corrected chi connectivity index (χ2v) is 9.01. The number of nitrogens with zero attached hydrogens (tertiary/aromatic N) is 1. The predicted octanol–water partition coefficient (Wildman–Crippen LogP) is 3.75. The number of nitrogens with two attached hydrogens (primary N) is 1. The Morgan fingerprint density at radius 2 is 1.96 bits per heavy atom. The molecule has 0 fully saturated rings. The van der Waals surface area contributed by atoms with Crippen LogP contribution < -0.4 is 11.1 Å². The Labute approximate surface area is 161 Å². The SMILES string of the molecule is Nc1cnc2ccc3c(c2c1Nc1ccc2c(O)cccc2c1)CCS3(=O)=O. The van der Waals surface area contributed by atoms with Gasteiger partial charge in [0.05, 0.1) is 33.7 Å². The van der Waals surface area contributed by atoms with Crippen molar-refractivity contribution in [2.75, 3.05) is 16.8 Å². The number of aromatic nitrogens is 1. The molecule has 3 aromatic carbocycles. The molecule has 0 radical (unpaired) electrons. The van der Waals surface area contributed by atoms with E-state index >= 15 is 0 Å². The minimum absolute atomic E-state index is 0.102. The van der Waals surface area contributed by atoms with Crippen LogP contribution in [0.2, 0.25) is 0 Å². The second kappa shape index (κ2) is 5.84. The van der Waals surface area contributed by atoms with Crippen molar-refractivity contribution in [1.82, 2.24) is 4.98 Å². The zero-order valence-electron chi connectivity index (χ0n) is 14.8. The Bertz CT molecular complexity index is 1380. The first-order valence-corrected chi connectivity index (χ1v) is 10.5. The molecule has 0 atom stereocenters. The molecular formula is C21H17N3O3S. The van der Waals surface area contributed by atoms with Crippen LogP contribution in [0.4, 0.5) is 17.1 Å². The molecule has 0 saturated carbocycles. The van der Waals surface area contributed by atoms with Gasteiger partial charge >= 0.3 is 0 Å². The third kappa shape index (κ3) is 2.47. The topological polar surface area (TPSA) is 105 Å². The quantitative estimate of drug-likeness (QED) is 0.481. The number of anilines is 3. The molecule has 0 unspecified atom stereocenters. The van der Waals surface area contributed by atoms with Gasteiger partial charge in [0, 0.05) is 16.5 Å². The van der Waals surface area contributed by atoms with Gasteiger partial charge in [-0.15, -0.1) is 0 Å². The fraction of sp³-hybridized carbons (Fsp3) is 0.0952. The molecule has 4 aromatic rings. The van der Waals surface area contributed by atoms with E-state index in [9.17, 15) is 13.5 Å².